The Hall–Kier alpha value is -2.43. The van der Waals surface area contributed by atoms with E-state index in [1.165, 1.54) is 19.1 Å². The summed E-state index contributed by atoms with van der Waals surface area (Å²) >= 11 is 6.14. The average Bonchev–Trinajstić information content (AvgIpc) is 3.10. The Morgan fingerprint density at radius 3 is 2.36 bits per heavy atom. The summed E-state index contributed by atoms with van der Waals surface area (Å²) in [5.74, 6) is -6.82. The van der Waals surface area contributed by atoms with Gasteiger partial charge in [0.25, 0.3) is 5.91 Å². The minimum absolute atomic E-state index is 0.0381. The summed E-state index contributed by atoms with van der Waals surface area (Å²) in [5.41, 5.74) is -2.01. The van der Waals surface area contributed by atoms with Crippen LogP contribution in [0, 0.1) is 29.3 Å². The van der Waals surface area contributed by atoms with Gasteiger partial charge in [0.05, 0.1) is 15.2 Å². The zero-order valence-corrected chi connectivity index (χ0v) is 18.8. The number of carbonyl (C=O) groups excluding carboxylic acids is 2. The van der Waals surface area contributed by atoms with Crippen LogP contribution in [-0.2, 0) is 14.6 Å². The van der Waals surface area contributed by atoms with Crippen molar-refractivity contribution >= 4 is 38.8 Å². The molecule has 1 amide bonds. The Bertz CT molecular complexity index is 1260. The Labute approximate surface area is 192 Å². The quantitative estimate of drug-likeness (QED) is 0.605. The number of aliphatic hydroxyl groups is 1. The third-order valence-corrected chi connectivity index (χ3v) is 9.44. The molecule has 11 heteroatoms. The zero-order chi connectivity index (χ0) is 24.3. The molecule has 2 aliphatic carbocycles. The molecule has 0 radical (unpaired) electrons. The van der Waals surface area contributed by atoms with Gasteiger partial charge in [0.2, 0.25) is 0 Å². The third-order valence-electron chi connectivity index (χ3n) is 6.67. The van der Waals surface area contributed by atoms with Crippen molar-refractivity contribution in [3.63, 3.8) is 0 Å². The Morgan fingerprint density at radius 2 is 1.76 bits per heavy atom. The summed E-state index contributed by atoms with van der Waals surface area (Å²) in [4.78, 5) is 24.0. The second kappa shape index (κ2) is 8.11. The Balaban J connectivity index is 1.60. The van der Waals surface area contributed by atoms with E-state index in [9.17, 15) is 36.3 Å². The maximum atomic E-state index is 13.4. The number of carbonyl (C=O) groups is 2. The van der Waals surface area contributed by atoms with Crippen molar-refractivity contribution in [2.75, 3.05) is 5.32 Å². The maximum absolute atomic E-state index is 13.4. The molecule has 0 spiro atoms. The van der Waals surface area contributed by atoms with E-state index in [0.717, 1.165) is 6.07 Å². The average molecular weight is 502 g/mol. The van der Waals surface area contributed by atoms with E-state index >= 15 is 0 Å². The normalized spacial score (nSPS) is 26.4. The predicted molar refractivity (Wildman–Crippen MR) is 113 cm³/mol. The minimum atomic E-state index is -4.03. The van der Waals surface area contributed by atoms with E-state index in [1.54, 1.807) is 0 Å². The van der Waals surface area contributed by atoms with Gasteiger partial charge in [-0.25, -0.2) is 21.6 Å². The van der Waals surface area contributed by atoms with Gasteiger partial charge in [-0.2, -0.15) is 0 Å². The van der Waals surface area contributed by atoms with Gasteiger partial charge >= 0.3 is 0 Å². The molecule has 0 saturated heterocycles. The van der Waals surface area contributed by atoms with Crippen molar-refractivity contribution in [2.45, 2.75) is 41.9 Å². The van der Waals surface area contributed by atoms with Gasteiger partial charge in [-0.1, -0.05) is 11.6 Å². The molecule has 176 valence electrons. The molecule has 2 N–H and O–H groups in total. The van der Waals surface area contributed by atoms with E-state index in [1.807, 2.05) is 0 Å². The number of ketones is 1. The lowest BCUT2D eigenvalue weighted by molar-refractivity contribution is -0.164. The van der Waals surface area contributed by atoms with Crippen LogP contribution >= 0.6 is 11.6 Å². The van der Waals surface area contributed by atoms with E-state index in [0.29, 0.717) is 18.6 Å². The molecule has 2 aromatic carbocycles. The van der Waals surface area contributed by atoms with E-state index < -0.39 is 61.7 Å². The van der Waals surface area contributed by atoms with Crippen LogP contribution in [0.4, 0.5) is 18.9 Å². The summed E-state index contributed by atoms with van der Waals surface area (Å²) in [6.07, 6.45) is 0.634. The fourth-order valence-corrected chi connectivity index (χ4v) is 7.48. The number of rotatable bonds is 5. The van der Waals surface area contributed by atoms with Gasteiger partial charge in [-0.15, -0.1) is 0 Å². The molecule has 2 saturated carbocycles. The van der Waals surface area contributed by atoms with Gasteiger partial charge in [0.15, 0.2) is 33.1 Å². The molecule has 0 aliphatic heterocycles. The molecule has 0 bridgehead atoms. The lowest BCUT2D eigenvalue weighted by atomic mass is 9.61. The van der Waals surface area contributed by atoms with Gasteiger partial charge in [-0.05, 0) is 56.2 Å². The summed E-state index contributed by atoms with van der Waals surface area (Å²) in [6.45, 7) is 1.27. The van der Waals surface area contributed by atoms with Crippen molar-refractivity contribution in [3.8, 4) is 0 Å². The van der Waals surface area contributed by atoms with Crippen LogP contribution in [0.15, 0.2) is 35.2 Å². The second-order valence-corrected chi connectivity index (χ2v) is 11.0. The number of sulfone groups is 1. The smallest absolute Gasteiger partial charge is 0.255 e. The van der Waals surface area contributed by atoms with Gasteiger partial charge in [0, 0.05) is 23.4 Å². The highest BCUT2D eigenvalue weighted by Gasteiger charge is 2.63. The summed E-state index contributed by atoms with van der Waals surface area (Å²) in [6, 6.07) is 4.70. The first-order chi connectivity index (χ1) is 15.4. The van der Waals surface area contributed by atoms with Crippen LogP contribution < -0.4 is 5.32 Å². The molecule has 2 aromatic rings. The molecule has 2 unspecified atom stereocenters. The highest BCUT2D eigenvalue weighted by Crippen LogP contribution is 2.56. The molecule has 6 nitrogen and oxygen atoms in total. The molecular weight excluding hydrogens is 483 g/mol. The van der Waals surface area contributed by atoms with Crippen molar-refractivity contribution < 1.29 is 36.3 Å². The summed E-state index contributed by atoms with van der Waals surface area (Å²) in [7, 11) is -4.03. The summed E-state index contributed by atoms with van der Waals surface area (Å²) < 4.78 is 66.7. The number of benzene rings is 2. The lowest BCUT2D eigenvalue weighted by Crippen LogP contribution is -2.59. The number of nitrogens with one attached hydrogen (secondary N) is 1. The largest absolute Gasteiger partial charge is 0.382 e. The van der Waals surface area contributed by atoms with E-state index in [-0.39, 0.29) is 34.0 Å². The minimum Gasteiger partial charge on any atom is -0.382 e. The number of hydrogen-bond acceptors (Lipinski definition) is 5. The van der Waals surface area contributed by atoms with Crippen molar-refractivity contribution in [3.05, 3.63) is 58.4 Å². The molecule has 4 rings (SSSR count). The molecule has 33 heavy (non-hydrogen) atoms. The molecule has 2 aliphatic rings. The van der Waals surface area contributed by atoms with Crippen molar-refractivity contribution in [1.82, 2.24) is 0 Å². The number of hydrogen-bond donors (Lipinski definition) is 2. The lowest BCUT2D eigenvalue weighted by Gasteiger charge is -2.48. The molecular formula is C22H19ClF3NO5S. The fraction of sp³-hybridized carbons (Fsp3) is 0.364. The van der Waals surface area contributed by atoms with E-state index in [2.05, 4.69) is 5.32 Å². The first-order valence-corrected chi connectivity index (χ1v) is 12.0. The molecule has 4 atom stereocenters. The number of amides is 1. The van der Waals surface area contributed by atoms with Crippen LogP contribution in [-0.4, -0.2) is 36.1 Å². The second-order valence-electron chi connectivity index (χ2n) is 8.47. The number of halogens is 4. The zero-order valence-electron chi connectivity index (χ0n) is 17.2. The highest BCUT2D eigenvalue weighted by atomic mass is 35.5. The van der Waals surface area contributed by atoms with Crippen molar-refractivity contribution in [1.29, 1.82) is 0 Å². The molecule has 2 fully saturated rings. The number of anilines is 1. The monoisotopic (exact) mass is 501 g/mol. The standard InChI is InChI=1S/C22H19ClF3NO5S/c1-10(28)22(30)9-13-14(22)3-5-18(13)33(31,32)19-6-11(2-4-15(19)23)21(29)27-12-7-16(24)20(26)17(25)8-12/h2,4,6-8,13-14,18,30H,3,5,9H2,1H3,(H,27,29)/t13?,14?,18-,22-/m0/s1. The number of Topliss-reactive ketones (excluding diaryl/α,β-unsaturated/α-hetero) is 1. The fourth-order valence-electron chi connectivity index (χ4n) is 4.89. The van der Waals surface area contributed by atoms with Gasteiger partial charge in [0.1, 0.15) is 5.60 Å². The van der Waals surface area contributed by atoms with Crippen LogP contribution in [0.5, 0.6) is 0 Å². The molecule has 0 heterocycles. The van der Waals surface area contributed by atoms with Crippen molar-refractivity contribution in [2.24, 2.45) is 11.8 Å². The Morgan fingerprint density at radius 1 is 1.12 bits per heavy atom. The van der Waals surface area contributed by atoms with Gasteiger partial charge < -0.3 is 10.4 Å². The Kier molecular flexibility index (Phi) is 5.83. The summed E-state index contributed by atoms with van der Waals surface area (Å²) in [5, 5.41) is 11.7. The highest BCUT2D eigenvalue weighted by molar-refractivity contribution is 7.92. The maximum Gasteiger partial charge on any atom is 0.255 e. The van der Waals surface area contributed by atoms with Crippen LogP contribution in [0.25, 0.3) is 0 Å². The van der Waals surface area contributed by atoms with Crippen LogP contribution in [0.1, 0.15) is 36.5 Å². The van der Waals surface area contributed by atoms with Crippen LogP contribution in [0.3, 0.4) is 0 Å². The topological polar surface area (TPSA) is 101 Å². The van der Waals surface area contributed by atoms with Crippen LogP contribution in [0.2, 0.25) is 5.02 Å². The SMILES string of the molecule is CC(=O)[C@@]1(O)CC2C1CC[C@@H]2S(=O)(=O)c1cc(C(=O)Nc2cc(F)c(F)c(F)c2)ccc1Cl. The first kappa shape index (κ1) is 23.7. The third kappa shape index (κ3) is 3.83. The number of fused-ring (bicyclic) bond motifs is 1. The molecule has 0 aromatic heterocycles. The first-order valence-electron chi connectivity index (χ1n) is 10.1. The van der Waals surface area contributed by atoms with E-state index in [4.69, 9.17) is 11.6 Å². The van der Waals surface area contributed by atoms with Gasteiger partial charge in [-0.3, -0.25) is 9.59 Å². The predicted octanol–water partition coefficient (Wildman–Crippen LogP) is 3.90.